The molecule has 0 saturated carbocycles. The number of anilines is 1. The molecule has 212 valence electrons. The fourth-order valence-electron chi connectivity index (χ4n) is 5.00. The maximum Gasteiger partial charge on any atom is 0.255 e. The summed E-state index contributed by atoms with van der Waals surface area (Å²) in [6, 6.07) is 15.4. The van der Waals surface area contributed by atoms with Gasteiger partial charge >= 0.3 is 0 Å². The van der Waals surface area contributed by atoms with Crippen molar-refractivity contribution >= 4 is 32.3 Å². The van der Waals surface area contributed by atoms with Crippen molar-refractivity contribution < 1.29 is 31.5 Å². The molecule has 0 spiro atoms. The average Bonchev–Trinajstić information content (AvgIpc) is 3.12. The molecule has 1 amide bonds. The van der Waals surface area contributed by atoms with Gasteiger partial charge in [0.15, 0.2) is 15.6 Å². The van der Waals surface area contributed by atoms with Crippen LogP contribution in [-0.2, 0) is 27.7 Å². The number of benzene rings is 2. The monoisotopic (exact) mass is 580 g/mol. The second-order valence-electron chi connectivity index (χ2n) is 9.78. The molecule has 0 bridgehead atoms. The SMILES string of the molecule is O=C(NCc1cc2nc(-c3cccc4c3OCCN4CC(F)F)ccc2cn1)c1ccc2c(c1)S(=O)(=O)CCOC2. The Labute approximate surface area is 235 Å². The van der Waals surface area contributed by atoms with Crippen LogP contribution in [0.2, 0.25) is 0 Å². The molecule has 4 heterocycles. The van der Waals surface area contributed by atoms with Crippen LogP contribution in [0.25, 0.3) is 22.2 Å². The minimum Gasteiger partial charge on any atom is -0.489 e. The van der Waals surface area contributed by atoms with Gasteiger partial charge in [-0.2, -0.15) is 0 Å². The number of aromatic nitrogens is 2. The van der Waals surface area contributed by atoms with Gasteiger partial charge in [-0.05, 0) is 48.0 Å². The molecule has 0 fully saturated rings. The van der Waals surface area contributed by atoms with Gasteiger partial charge in [-0.1, -0.05) is 12.1 Å². The minimum atomic E-state index is -3.54. The maximum atomic E-state index is 13.1. The van der Waals surface area contributed by atoms with Crippen LogP contribution in [0.5, 0.6) is 5.75 Å². The number of carbonyl (C=O) groups is 1. The van der Waals surface area contributed by atoms with E-state index in [9.17, 15) is 22.0 Å². The van der Waals surface area contributed by atoms with Crippen LogP contribution in [0.4, 0.5) is 14.5 Å². The molecule has 9 nitrogen and oxygen atoms in total. The van der Waals surface area contributed by atoms with Gasteiger partial charge in [0.2, 0.25) is 0 Å². The summed E-state index contributed by atoms with van der Waals surface area (Å²) in [6.07, 6.45) is -0.807. The van der Waals surface area contributed by atoms with E-state index < -0.39 is 22.2 Å². The van der Waals surface area contributed by atoms with E-state index in [4.69, 9.17) is 14.5 Å². The fraction of sp³-hybridized carbons (Fsp3) is 0.276. The number of pyridine rings is 2. The van der Waals surface area contributed by atoms with Gasteiger partial charge in [-0.25, -0.2) is 22.2 Å². The third-order valence-corrected chi connectivity index (χ3v) is 8.81. The van der Waals surface area contributed by atoms with Crippen LogP contribution in [-0.4, -0.2) is 62.8 Å². The Morgan fingerprint density at radius 1 is 1.10 bits per heavy atom. The zero-order valence-corrected chi connectivity index (χ0v) is 22.7. The third-order valence-electron chi connectivity index (χ3n) is 7.06. The second kappa shape index (κ2) is 11.0. The number of sulfone groups is 1. The topological polar surface area (TPSA) is 111 Å². The number of carbonyl (C=O) groups excluding carboxylic acids is 1. The first-order valence-electron chi connectivity index (χ1n) is 13.0. The lowest BCUT2D eigenvalue weighted by atomic mass is 10.1. The van der Waals surface area contributed by atoms with Crippen LogP contribution in [0.3, 0.4) is 0 Å². The van der Waals surface area contributed by atoms with Gasteiger partial charge in [0.25, 0.3) is 12.3 Å². The number of halogens is 2. The van der Waals surface area contributed by atoms with Crippen molar-refractivity contribution in [2.75, 3.05) is 37.0 Å². The summed E-state index contributed by atoms with van der Waals surface area (Å²) in [5, 5.41) is 3.58. The Kier molecular flexibility index (Phi) is 7.26. The molecule has 0 aliphatic carbocycles. The van der Waals surface area contributed by atoms with Gasteiger partial charge in [0.1, 0.15) is 6.61 Å². The van der Waals surface area contributed by atoms with Crippen LogP contribution >= 0.6 is 0 Å². The number of nitrogens with zero attached hydrogens (tertiary/aromatic N) is 3. The van der Waals surface area contributed by atoms with E-state index in [2.05, 4.69) is 10.3 Å². The first kappa shape index (κ1) is 27.0. The molecule has 4 aromatic rings. The molecule has 2 aliphatic rings. The molecule has 0 atom stereocenters. The van der Waals surface area contributed by atoms with Crippen molar-refractivity contribution in [2.24, 2.45) is 0 Å². The number of alkyl halides is 2. The second-order valence-corrected chi connectivity index (χ2v) is 11.9. The van der Waals surface area contributed by atoms with Crippen molar-refractivity contribution in [3.05, 3.63) is 77.6 Å². The van der Waals surface area contributed by atoms with Gasteiger partial charge in [0, 0.05) is 22.7 Å². The number of nitrogens with one attached hydrogen (secondary N) is 1. The fourth-order valence-corrected chi connectivity index (χ4v) is 6.39. The predicted molar refractivity (Wildman–Crippen MR) is 148 cm³/mol. The van der Waals surface area contributed by atoms with Crippen molar-refractivity contribution in [3.8, 4) is 17.0 Å². The van der Waals surface area contributed by atoms with Gasteiger partial charge in [-0.15, -0.1) is 0 Å². The molecule has 12 heteroatoms. The van der Waals surface area contributed by atoms with E-state index in [1.54, 1.807) is 41.4 Å². The first-order valence-corrected chi connectivity index (χ1v) is 14.7. The number of fused-ring (bicyclic) bond motifs is 3. The quantitative estimate of drug-likeness (QED) is 0.365. The van der Waals surface area contributed by atoms with E-state index >= 15 is 0 Å². The average molecular weight is 581 g/mol. The van der Waals surface area contributed by atoms with Crippen LogP contribution < -0.4 is 15.0 Å². The van der Waals surface area contributed by atoms with Gasteiger partial charge in [-0.3, -0.25) is 9.78 Å². The number of hydrogen-bond donors (Lipinski definition) is 1. The zero-order valence-electron chi connectivity index (χ0n) is 21.8. The lowest BCUT2D eigenvalue weighted by Gasteiger charge is -2.32. The number of rotatable bonds is 6. The summed E-state index contributed by atoms with van der Waals surface area (Å²) < 4.78 is 62.6. The molecule has 2 aliphatic heterocycles. The van der Waals surface area contributed by atoms with Gasteiger partial charge in [0.05, 0.1) is 66.1 Å². The molecule has 0 saturated heterocycles. The molecular weight excluding hydrogens is 554 g/mol. The molecule has 0 unspecified atom stereocenters. The molecule has 1 N–H and O–H groups in total. The zero-order chi connectivity index (χ0) is 28.6. The van der Waals surface area contributed by atoms with Crippen LogP contribution in [0, 0.1) is 0 Å². The standard InChI is InChI=1S/C29H26F2N4O5S/c30-27(31)16-35-8-9-40-28-22(2-1-3-25(28)35)23-7-6-19-14-32-21(13-24(19)34-23)15-33-29(36)18-4-5-20-17-39-10-11-41(37,38)26(20)12-18/h1-7,12-14,27H,8-11,15-17H2,(H,33,36). The minimum absolute atomic E-state index is 0.0973. The van der Waals surface area contributed by atoms with E-state index in [-0.39, 0.29) is 42.5 Å². The number of ether oxygens (including phenoxy) is 2. The van der Waals surface area contributed by atoms with E-state index in [1.165, 1.54) is 6.07 Å². The van der Waals surface area contributed by atoms with E-state index in [0.717, 1.165) is 5.39 Å². The Bertz CT molecular complexity index is 1750. The summed E-state index contributed by atoms with van der Waals surface area (Å²) in [5.41, 5.74) is 3.86. The van der Waals surface area contributed by atoms with Crippen LogP contribution in [0.1, 0.15) is 21.6 Å². The van der Waals surface area contributed by atoms with Crippen molar-refractivity contribution in [3.63, 3.8) is 0 Å². The molecule has 0 radical (unpaired) electrons. The number of para-hydroxylation sites is 1. The summed E-state index contributed by atoms with van der Waals surface area (Å²) in [7, 11) is -3.54. The summed E-state index contributed by atoms with van der Waals surface area (Å²) in [4.78, 5) is 23.8. The highest BCUT2D eigenvalue weighted by atomic mass is 32.2. The smallest absolute Gasteiger partial charge is 0.255 e. The summed E-state index contributed by atoms with van der Waals surface area (Å²) >= 11 is 0. The van der Waals surface area contributed by atoms with Gasteiger partial charge < -0.3 is 19.7 Å². The predicted octanol–water partition coefficient (Wildman–Crippen LogP) is 3.99. The Balaban J connectivity index is 1.23. The molecule has 41 heavy (non-hydrogen) atoms. The largest absolute Gasteiger partial charge is 0.489 e. The lowest BCUT2D eigenvalue weighted by Crippen LogP contribution is -2.36. The third kappa shape index (κ3) is 5.57. The molecule has 2 aromatic heterocycles. The molecule has 2 aromatic carbocycles. The molecule has 6 rings (SSSR count). The lowest BCUT2D eigenvalue weighted by molar-refractivity contribution is 0.0950. The van der Waals surface area contributed by atoms with Crippen molar-refractivity contribution in [2.45, 2.75) is 24.5 Å². The van der Waals surface area contributed by atoms with Crippen molar-refractivity contribution in [1.29, 1.82) is 0 Å². The number of hydrogen-bond acceptors (Lipinski definition) is 8. The highest BCUT2D eigenvalue weighted by Crippen LogP contribution is 2.40. The molecular formula is C29H26F2N4O5S. The van der Waals surface area contributed by atoms with Crippen molar-refractivity contribution in [1.82, 2.24) is 15.3 Å². The first-order chi connectivity index (χ1) is 19.8. The van der Waals surface area contributed by atoms with E-state index in [0.29, 0.717) is 52.6 Å². The normalized spacial score (nSPS) is 16.0. The number of amides is 1. The Morgan fingerprint density at radius 3 is 2.83 bits per heavy atom. The Hall–Kier alpha value is -4.16. The van der Waals surface area contributed by atoms with Crippen LogP contribution in [0.15, 0.2) is 65.7 Å². The van der Waals surface area contributed by atoms with E-state index in [1.807, 2.05) is 18.2 Å². The maximum absolute atomic E-state index is 13.1. The Morgan fingerprint density at radius 2 is 1.98 bits per heavy atom. The highest BCUT2D eigenvalue weighted by molar-refractivity contribution is 7.91. The summed E-state index contributed by atoms with van der Waals surface area (Å²) in [6.45, 7) is 0.684. The highest BCUT2D eigenvalue weighted by Gasteiger charge is 2.25. The summed E-state index contributed by atoms with van der Waals surface area (Å²) in [5.74, 6) is -0.0484.